The zero-order chi connectivity index (χ0) is 12.6. The first-order chi connectivity index (χ1) is 8.00. The molecule has 17 heavy (non-hydrogen) atoms. The molecule has 0 radical (unpaired) electrons. The van der Waals surface area contributed by atoms with Crippen LogP contribution in [0.4, 0.5) is 11.5 Å². The summed E-state index contributed by atoms with van der Waals surface area (Å²) >= 11 is 0. The molecule has 5 heteroatoms. The number of piperidine rings is 1. The number of likely N-dealkylation sites (tertiary alicyclic amines) is 1. The van der Waals surface area contributed by atoms with Crippen molar-refractivity contribution in [2.75, 3.05) is 37.8 Å². The van der Waals surface area contributed by atoms with Gasteiger partial charge >= 0.3 is 0 Å². The largest absolute Gasteiger partial charge is 0.394 e. The monoisotopic (exact) mass is 237 g/mol. The van der Waals surface area contributed by atoms with Gasteiger partial charge in [-0.2, -0.15) is 5.10 Å². The highest BCUT2D eigenvalue weighted by atomic mass is 15.4. The molecule has 1 aromatic rings. The number of rotatable bonds is 2. The zero-order valence-corrected chi connectivity index (χ0v) is 11.3. The van der Waals surface area contributed by atoms with Gasteiger partial charge in [0.1, 0.15) is 5.82 Å². The van der Waals surface area contributed by atoms with E-state index in [-0.39, 0.29) is 0 Å². The molecule has 1 aromatic heterocycles. The van der Waals surface area contributed by atoms with Crippen molar-refractivity contribution < 1.29 is 0 Å². The Bertz CT molecular complexity index is 398. The number of nitrogen functional groups attached to an aromatic ring is 1. The molecule has 1 unspecified atom stereocenters. The van der Waals surface area contributed by atoms with E-state index >= 15 is 0 Å². The van der Waals surface area contributed by atoms with E-state index in [1.165, 1.54) is 19.4 Å². The van der Waals surface area contributed by atoms with Crippen LogP contribution in [0.15, 0.2) is 0 Å². The van der Waals surface area contributed by atoms with Crippen molar-refractivity contribution in [2.45, 2.75) is 25.8 Å². The lowest BCUT2D eigenvalue weighted by molar-refractivity contribution is 0.247. The van der Waals surface area contributed by atoms with Gasteiger partial charge in [0.05, 0.1) is 11.4 Å². The highest BCUT2D eigenvalue weighted by Gasteiger charge is 2.25. The summed E-state index contributed by atoms with van der Waals surface area (Å²) in [5, 5.41) is 4.38. The molecule has 0 saturated carbocycles. The molecule has 0 amide bonds. The first-order valence-electron chi connectivity index (χ1n) is 6.21. The fourth-order valence-corrected chi connectivity index (χ4v) is 2.71. The Morgan fingerprint density at radius 2 is 2.12 bits per heavy atom. The van der Waals surface area contributed by atoms with Crippen LogP contribution in [0, 0.1) is 6.92 Å². The average Bonchev–Trinajstić information content (AvgIpc) is 2.52. The van der Waals surface area contributed by atoms with E-state index in [9.17, 15) is 0 Å². The molecule has 0 spiro atoms. The molecular formula is C12H23N5. The fourth-order valence-electron chi connectivity index (χ4n) is 2.71. The van der Waals surface area contributed by atoms with Crippen LogP contribution in [0.2, 0.25) is 0 Å². The van der Waals surface area contributed by atoms with E-state index in [1.807, 2.05) is 18.7 Å². The summed E-state index contributed by atoms with van der Waals surface area (Å²) < 4.78 is 1.89. The number of aromatic nitrogens is 2. The maximum Gasteiger partial charge on any atom is 0.150 e. The molecule has 0 bridgehead atoms. The van der Waals surface area contributed by atoms with Gasteiger partial charge in [-0.3, -0.25) is 4.68 Å². The van der Waals surface area contributed by atoms with Crippen LogP contribution in [0.25, 0.3) is 0 Å². The highest BCUT2D eigenvalue weighted by Crippen LogP contribution is 2.28. The van der Waals surface area contributed by atoms with Gasteiger partial charge in [0.2, 0.25) is 0 Å². The van der Waals surface area contributed by atoms with Crippen molar-refractivity contribution in [3.05, 3.63) is 5.69 Å². The Morgan fingerprint density at radius 3 is 2.65 bits per heavy atom. The number of aryl methyl sites for hydroxylation is 2. The molecular weight excluding hydrogens is 214 g/mol. The summed E-state index contributed by atoms with van der Waals surface area (Å²) in [5.74, 6) is 1.04. The molecule has 5 nitrogen and oxygen atoms in total. The van der Waals surface area contributed by atoms with E-state index in [0.29, 0.717) is 6.04 Å². The van der Waals surface area contributed by atoms with E-state index in [0.717, 1.165) is 23.7 Å². The summed E-state index contributed by atoms with van der Waals surface area (Å²) in [6.45, 7) is 4.25. The van der Waals surface area contributed by atoms with Crippen LogP contribution in [0.5, 0.6) is 0 Å². The first kappa shape index (κ1) is 12.2. The lowest BCUT2D eigenvalue weighted by atomic mass is 10.1. The molecule has 96 valence electrons. The Hall–Kier alpha value is -1.23. The lowest BCUT2D eigenvalue weighted by Crippen LogP contribution is -2.45. The van der Waals surface area contributed by atoms with E-state index in [4.69, 9.17) is 5.73 Å². The van der Waals surface area contributed by atoms with E-state index in [1.54, 1.807) is 0 Å². The second-order valence-corrected chi connectivity index (χ2v) is 5.12. The maximum atomic E-state index is 6.11. The van der Waals surface area contributed by atoms with E-state index < -0.39 is 0 Å². The minimum absolute atomic E-state index is 0.533. The smallest absolute Gasteiger partial charge is 0.150 e. The van der Waals surface area contributed by atoms with Crippen LogP contribution < -0.4 is 10.6 Å². The minimum Gasteiger partial charge on any atom is -0.394 e. The minimum atomic E-state index is 0.533. The van der Waals surface area contributed by atoms with Gasteiger partial charge in [-0.15, -0.1) is 0 Å². The van der Waals surface area contributed by atoms with Crippen molar-refractivity contribution >= 4 is 11.5 Å². The van der Waals surface area contributed by atoms with Crippen LogP contribution in [0.3, 0.4) is 0 Å². The standard InChI is InChI=1S/C12H23N5/c1-9-11(13)12(17(4)14-9)16(3)10-6-5-7-15(2)8-10/h10H,5-8,13H2,1-4H3. The molecule has 1 fully saturated rings. The molecule has 2 rings (SSSR count). The maximum absolute atomic E-state index is 6.11. The Balaban J connectivity index is 2.21. The lowest BCUT2D eigenvalue weighted by Gasteiger charge is -2.37. The van der Waals surface area contributed by atoms with Crippen LogP contribution >= 0.6 is 0 Å². The van der Waals surface area contributed by atoms with Crippen LogP contribution in [0.1, 0.15) is 18.5 Å². The van der Waals surface area contributed by atoms with Crippen molar-refractivity contribution in [1.82, 2.24) is 14.7 Å². The normalized spacial score (nSPS) is 21.8. The third-order valence-electron chi connectivity index (χ3n) is 3.72. The molecule has 1 atom stereocenters. The fraction of sp³-hybridized carbons (Fsp3) is 0.750. The number of hydrogen-bond acceptors (Lipinski definition) is 4. The SMILES string of the molecule is Cc1nn(C)c(N(C)C2CCCN(C)C2)c1N. The van der Waals surface area contributed by atoms with Gasteiger partial charge in [-0.1, -0.05) is 0 Å². The average molecular weight is 237 g/mol. The second-order valence-electron chi connectivity index (χ2n) is 5.12. The quantitative estimate of drug-likeness (QED) is 0.828. The third-order valence-corrected chi connectivity index (χ3v) is 3.72. The predicted molar refractivity (Wildman–Crippen MR) is 71.3 cm³/mol. The molecule has 1 saturated heterocycles. The Morgan fingerprint density at radius 1 is 1.41 bits per heavy atom. The van der Waals surface area contributed by atoms with Crippen LogP contribution in [-0.4, -0.2) is 47.9 Å². The summed E-state index contributed by atoms with van der Waals surface area (Å²) in [6, 6.07) is 0.533. The van der Waals surface area contributed by atoms with Crippen molar-refractivity contribution in [2.24, 2.45) is 7.05 Å². The Kier molecular flexibility index (Phi) is 3.28. The summed E-state index contributed by atoms with van der Waals surface area (Å²) in [5.41, 5.74) is 7.83. The van der Waals surface area contributed by atoms with Gasteiger partial charge < -0.3 is 15.5 Å². The third kappa shape index (κ3) is 2.24. The molecule has 1 aliphatic rings. The van der Waals surface area contributed by atoms with Crippen molar-refractivity contribution in [3.8, 4) is 0 Å². The zero-order valence-electron chi connectivity index (χ0n) is 11.3. The van der Waals surface area contributed by atoms with Gasteiger partial charge in [0.25, 0.3) is 0 Å². The summed E-state index contributed by atoms with van der Waals surface area (Å²) in [7, 11) is 6.26. The molecule has 1 aliphatic heterocycles. The van der Waals surface area contributed by atoms with Crippen molar-refractivity contribution in [1.29, 1.82) is 0 Å². The highest BCUT2D eigenvalue weighted by molar-refractivity contribution is 5.66. The van der Waals surface area contributed by atoms with Gasteiger partial charge in [-0.05, 0) is 33.4 Å². The number of nitrogens with zero attached hydrogens (tertiary/aromatic N) is 4. The first-order valence-corrected chi connectivity index (χ1v) is 6.21. The van der Waals surface area contributed by atoms with E-state index in [2.05, 4.69) is 29.0 Å². The number of hydrogen-bond donors (Lipinski definition) is 1. The number of anilines is 2. The molecule has 0 aromatic carbocycles. The Labute approximate surface area is 103 Å². The predicted octanol–water partition coefficient (Wildman–Crippen LogP) is 0.841. The van der Waals surface area contributed by atoms with Crippen molar-refractivity contribution in [3.63, 3.8) is 0 Å². The summed E-state index contributed by atoms with van der Waals surface area (Å²) in [4.78, 5) is 4.66. The number of likely N-dealkylation sites (N-methyl/N-ethyl adjacent to an activating group) is 2. The van der Waals surface area contributed by atoms with Crippen LogP contribution in [-0.2, 0) is 7.05 Å². The second kappa shape index (κ2) is 4.56. The summed E-state index contributed by atoms with van der Waals surface area (Å²) in [6.07, 6.45) is 2.48. The molecule has 0 aliphatic carbocycles. The topological polar surface area (TPSA) is 50.3 Å². The molecule has 2 heterocycles. The van der Waals surface area contributed by atoms with Gasteiger partial charge in [-0.25, -0.2) is 0 Å². The molecule has 2 N–H and O–H groups in total. The van der Waals surface area contributed by atoms with Gasteiger partial charge in [0, 0.05) is 26.7 Å². The van der Waals surface area contributed by atoms with Gasteiger partial charge in [0.15, 0.2) is 0 Å². The number of nitrogens with two attached hydrogens (primary N) is 1.